The van der Waals surface area contributed by atoms with Gasteiger partial charge in [0.05, 0.1) is 27.7 Å². The van der Waals surface area contributed by atoms with Crippen molar-refractivity contribution in [2.75, 3.05) is 17.1 Å². The number of hydrogen-bond donors (Lipinski definition) is 2. The highest BCUT2D eigenvalue weighted by Gasteiger charge is 2.16. The number of carbonyl (C=O) groups is 1. The molecule has 0 fully saturated rings. The summed E-state index contributed by atoms with van der Waals surface area (Å²) in [5.74, 6) is 0.0851. The summed E-state index contributed by atoms with van der Waals surface area (Å²) in [7, 11) is -2.33. The highest BCUT2D eigenvalue weighted by molar-refractivity contribution is 7.92. The predicted octanol–water partition coefficient (Wildman–Crippen LogP) is 5.06. The Balaban J connectivity index is 1.79. The Hall–Kier alpha value is -2.74. The van der Waals surface area contributed by atoms with Crippen LogP contribution < -0.4 is 14.8 Å². The number of hydrogen-bond acceptors (Lipinski definition) is 4. The van der Waals surface area contributed by atoms with Crippen molar-refractivity contribution in [1.29, 1.82) is 0 Å². The number of anilines is 2. The first-order valence-electron chi connectivity index (χ1n) is 8.32. The Morgan fingerprint density at radius 2 is 1.66 bits per heavy atom. The smallest absolute Gasteiger partial charge is 0.261 e. The van der Waals surface area contributed by atoms with Gasteiger partial charge in [-0.3, -0.25) is 9.52 Å². The number of halogens is 2. The highest BCUT2D eigenvalue weighted by atomic mass is 35.5. The molecule has 0 atom stereocenters. The zero-order valence-electron chi connectivity index (χ0n) is 15.1. The van der Waals surface area contributed by atoms with Gasteiger partial charge in [0.2, 0.25) is 0 Å². The fourth-order valence-electron chi connectivity index (χ4n) is 2.49. The van der Waals surface area contributed by atoms with E-state index in [1.807, 2.05) is 0 Å². The van der Waals surface area contributed by atoms with E-state index in [1.165, 1.54) is 25.3 Å². The van der Waals surface area contributed by atoms with Crippen molar-refractivity contribution in [3.05, 3.63) is 82.3 Å². The summed E-state index contributed by atoms with van der Waals surface area (Å²) in [6.07, 6.45) is 0. The van der Waals surface area contributed by atoms with Gasteiger partial charge in [-0.2, -0.15) is 0 Å². The van der Waals surface area contributed by atoms with Crippen LogP contribution in [-0.4, -0.2) is 21.4 Å². The van der Waals surface area contributed by atoms with Crippen LogP contribution in [0.3, 0.4) is 0 Å². The first kappa shape index (κ1) is 21.0. The van der Waals surface area contributed by atoms with Gasteiger partial charge in [0, 0.05) is 11.3 Å². The van der Waals surface area contributed by atoms with Gasteiger partial charge < -0.3 is 10.1 Å². The molecule has 0 aliphatic rings. The molecule has 6 nitrogen and oxygen atoms in total. The predicted molar refractivity (Wildman–Crippen MR) is 115 cm³/mol. The third-order valence-electron chi connectivity index (χ3n) is 3.95. The molecule has 29 heavy (non-hydrogen) atoms. The summed E-state index contributed by atoms with van der Waals surface area (Å²) >= 11 is 12.0. The highest BCUT2D eigenvalue weighted by Crippen LogP contribution is 2.30. The average Bonchev–Trinajstić information content (AvgIpc) is 2.71. The van der Waals surface area contributed by atoms with Crippen LogP contribution in [0.5, 0.6) is 5.75 Å². The lowest BCUT2D eigenvalue weighted by Crippen LogP contribution is -2.15. The second-order valence-electron chi connectivity index (χ2n) is 5.92. The number of amides is 1. The minimum atomic E-state index is -3.83. The van der Waals surface area contributed by atoms with Crippen molar-refractivity contribution in [2.45, 2.75) is 4.90 Å². The molecule has 0 heterocycles. The zero-order valence-corrected chi connectivity index (χ0v) is 17.5. The number of methoxy groups -OCH3 is 1. The molecule has 0 aliphatic heterocycles. The van der Waals surface area contributed by atoms with Crippen molar-refractivity contribution < 1.29 is 17.9 Å². The summed E-state index contributed by atoms with van der Waals surface area (Å²) < 4.78 is 32.6. The molecule has 0 aromatic heterocycles. The van der Waals surface area contributed by atoms with E-state index in [-0.39, 0.29) is 21.2 Å². The second-order valence-corrected chi connectivity index (χ2v) is 8.38. The zero-order chi connectivity index (χ0) is 21.0. The van der Waals surface area contributed by atoms with Crippen molar-refractivity contribution in [3.8, 4) is 5.75 Å². The van der Waals surface area contributed by atoms with Gasteiger partial charge in [-0.15, -0.1) is 0 Å². The van der Waals surface area contributed by atoms with E-state index >= 15 is 0 Å². The van der Waals surface area contributed by atoms with Crippen LogP contribution in [0.1, 0.15) is 10.4 Å². The Bertz CT molecular complexity index is 1150. The van der Waals surface area contributed by atoms with E-state index in [0.29, 0.717) is 16.5 Å². The Morgan fingerprint density at radius 1 is 0.966 bits per heavy atom. The molecule has 0 aliphatic carbocycles. The van der Waals surface area contributed by atoms with Crippen molar-refractivity contribution >= 4 is 50.5 Å². The SMILES string of the molecule is COc1ccc(S(=O)(=O)Nc2cccc(C(=O)Nc3cccc(Cl)c3Cl)c2)cc1. The summed E-state index contributed by atoms with van der Waals surface area (Å²) in [5.41, 5.74) is 0.843. The second kappa shape index (κ2) is 8.73. The van der Waals surface area contributed by atoms with E-state index < -0.39 is 15.9 Å². The normalized spacial score (nSPS) is 11.0. The topological polar surface area (TPSA) is 84.5 Å². The van der Waals surface area contributed by atoms with Crippen molar-refractivity contribution in [3.63, 3.8) is 0 Å². The van der Waals surface area contributed by atoms with Crippen LogP contribution in [0.15, 0.2) is 71.6 Å². The van der Waals surface area contributed by atoms with Crippen molar-refractivity contribution in [2.24, 2.45) is 0 Å². The van der Waals surface area contributed by atoms with Gasteiger partial charge in [0.25, 0.3) is 15.9 Å². The minimum absolute atomic E-state index is 0.0684. The fourth-order valence-corrected chi connectivity index (χ4v) is 3.88. The van der Waals surface area contributed by atoms with E-state index in [4.69, 9.17) is 27.9 Å². The molecule has 0 spiro atoms. The van der Waals surface area contributed by atoms with Crippen LogP contribution in [-0.2, 0) is 10.0 Å². The summed E-state index contributed by atoms with van der Waals surface area (Å²) in [4.78, 5) is 12.6. The molecular weight excluding hydrogens is 435 g/mol. The number of benzene rings is 3. The van der Waals surface area contributed by atoms with E-state index in [9.17, 15) is 13.2 Å². The molecule has 1 amide bonds. The summed E-state index contributed by atoms with van der Waals surface area (Å²) in [6.45, 7) is 0. The van der Waals surface area contributed by atoms with Gasteiger partial charge in [0.1, 0.15) is 5.75 Å². The van der Waals surface area contributed by atoms with Crippen LogP contribution >= 0.6 is 23.2 Å². The van der Waals surface area contributed by atoms with Gasteiger partial charge in [-0.25, -0.2) is 8.42 Å². The maximum atomic E-state index is 12.6. The molecule has 0 unspecified atom stereocenters. The summed E-state index contributed by atoms with van der Waals surface area (Å²) in [6, 6.07) is 16.9. The monoisotopic (exact) mass is 450 g/mol. The number of ether oxygens (including phenoxy) is 1. The maximum Gasteiger partial charge on any atom is 0.261 e. The molecule has 0 saturated heterocycles. The third-order valence-corrected chi connectivity index (χ3v) is 6.16. The van der Waals surface area contributed by atoms with Crippen LogP contribution in [0.2, 0.25) is 10.0 Å². The lowest BCUT2D eigenvalue weighted by Gasteiger charge is -2.11. The molecule has 0 saturated carbocycles. The van der Waals surface area contributed by atoms with Crippen LogP contribution in [0.25, 0.3) is 0 Å². The van der Waals surface area contributed by atoms with E-state index in [0.717, 1.165) is 0 Å². The molecule has 3 rings (SSSR count). The van der Waals surface area contributed by atoms with Gasteiger partial charge >= 0.3 is 0 Å². The first-order chi connectivity index (χ1) is 13.8. The third kappa shape index (κ3) is 5.00. The molecule has 150 valence electrons. The molecule has 3 aromatic rings. The minimum Gasteiger partial charge on any atom is -0.497 e. The quantitative estimate of drug-likeness (QED) is 0.549. The molecule has 3 aromatic carbocycles. The molecule has 2 N–H and O–H groups in total. The molecule has 0 radical (unpaired) electrons. The first-order valence-corrected chi connectivity index (χ1v) is 10.6. The lowest BCUT2D eigenvalue weighted by molar-refractivity contribution is 0.102. The Morgan fingerprint density at radius 3 is 2.34 bits per heavy atom. The van der Waals surface area contributed by atoms with Gasteiger partial charge in [-0.05, 0) is 54.6 Å². The van der Waals surface area contributed by atoms with Crippen molar-refractivity contribution in [1.82, 2.24) is 0 Å². The molecule has 9 heteroatoms. The van der Waals surface area contributed by atoms with Crippen LogP contribution in [0, 0.1) is 0 Å². The fraction of sp³-hybridized carbons (Fsp3) is 0.0500. The number of carbonyl (C=O) groups excluding carboxylic acids is 1. The standard InChI is InChI=1S/C20H16Cl2N2O4S/c1-28-15-8-10-16(11-9-15)29(26,27)24-14-5-2-4-13(12-14)20(25)23-18-7-3-6-17(21)19(18)22/h2-12,24H,1H3,(H,23,25). The number of rotatable bonds is 6. The molecular formula is C20H16Cl2N2O4S. The molecule has 0 bridgehead atoms. The van der Waals surface area contributed by atoms with E-state index in [2.05, 4.69) is 10.0 Å². The Kier molecular flexibility index (Phi) is 6.32. The van der Waals surface area contributed by atoms with Gasteiger partial charge in [-0.1, -0.05) is 35.3 Å². The Labute approximate surface area is 178 Å². The van der Waals surface area contributed by atoms with Gasteiger partial charge in [0.15, 0.2) is 0 Å². The van der Waals surface area contributed by atoms with E-state index in [1.54, 1.807) is 48.5 Å². The maximum absolute atomic E-state index is 12.6. The number of sulfonamides is 1. The average molecular weight is 451 g/mol. The summed E-state index contributed by atoms with van der Waals surface area (Å²) in [5, 5.41) is 3.19. The van der Waals surface area contributed by atoms with Crippen LogP contribution in [0.4, 0.5) is 11.4 Å². The number of nitrogens with one attached hydrogen (secondary N) is 2. The lowest BCUT2D eigenvalue weighted by atomic mass is 10.2. The largest absolute Gasteiger partial charge is 0.497 e.